The van der Waals surface area contributed by atoms with Crippen LogP contribution in [-0.2, 0) is 96.4 Å². The number of benzene rings is 10. The van der Waals surface area contributed by atoms with Crippen molar-refractivity contribution < 1.29 is 74.5 Å². The molecule has 0 radical (unpaired) electrons. The molecule has 10 aliphatic rings. The summed E-state index contributed by atoms with van der Waals surface area (Å²) in [6.45, 7) is 43.5. The Labute approximate surface area is 746 Å². The fraction of sp³-hybridized carbons (Fsp3) is 0.436. The van der Waals surface area contributed by atoms with Crippen LogP contribution in [0.5, 0.6) is 40.2 Å². The van der Waals surface area contributed by atoms with Crippen molar-refractivity contribution in [3.05, 3.63) is 310 Å². The van der Waals surface area contributed by atoms with Crippen molar-refractivity contribution >= 4 is 11.9 Å². The molecule has 10 aromatic rings. The summed E-state index contributed by atoms with van der Waals surface area (Å²) in [4.78, 5) is 22.7. The Balaban J connectivity index is 0.000000136. The number of ether oxygens (including phenoxy) is 10. The molecular weight excluding hydrogens is 1590 g/mol. The van der Waals surface area contributed by atoms with Crippen molar-refractivity contribution in [2.75, 3.05) is 13.2 Å². The van der Waals surface area contributed by atoms with Crippen molar-refractivity contribution in [3.8, 4) is 40.2 Å². The van der Waals surface area contributed by atoms with Crippen LogP contribution < -0.4 is 33.2 Å². The van der Waals surface area contributed by atoms with Crippen LogP contribution in [0.4, 0.5) is 17.6 Å². The summed E-state index contributed by atoms with van der Waals surface area (Å²) in [6, 6.07) is 61.8. The Kier molecular flexibility index (Phi) is 33.5. The predicted molar refractivity (Wildman–Crippen MR) is 495 cm³/mol. The van der Waals surface area contributed by atoms with Gasteiger partial charge in [0.2, 0.25) is 0 Å². The highest BCUT2D eigenvalue weighted by Gasteiger charge is 2.44. The Morgan fingerprint density at radius 3 is 1.01 bits per heavy atom. The molecule has 12 nitrogen and oxygen atoms in total. The summed E-state index contributed by atoms with van der Waals surface area (Å²) in [5, 5.41) is 0. The number of hydrogen-bond acceptors (Lipinski definition) is 12. The highest BCUT2D eigenvalue weighted by molar-refractivity contribution is 5.92. The van der Waals surface area contributed by atoms with Crippen molar-refractivity contribution in [2.45, 2.75) is 271 Å². The van der Waals surface area contributed by atoms with Gasteiger partial charge in [-0.25, -0.2) is 4.79 Å². The van der Waals surface area contributed by atoms with Crippen molar-refractivity contribution in [3.63, 3.8) is 0 Å². The lowest BCUT2D eigenvalue weighted by Gasteiger charge is -2.30. The van der Waals surface area contributed by atoms with Gasteiger partial charge < -0.3 is 47.4 Å². The number of halogens is 4. The van der Waals surface area contributed by atoms with Crippen LogP contribution in [0, 0.1) is 98.8 Å². The summed E-state index contributed by atoms with van der Waals surface area (Å²) >= 11 is 0. The first-order valence-electron chi connectivity index (χ1n) is 45.2. The molecule has 0 amide bonds. The van der Waals surface area contributed by atoms with E-state index in [2.05, 4.69) is 202 Å². The first-order valence-corrected chi connectivity index (χ1v) is 45.2. The number of hydrogen-bond donors (Lipinski definition) is 0. The van der Waals surface area contributed by atoms with Gasteiger partial charge in [0.25, 0.3) is 0 Å². The van der Waals surface area contributed by atoms with E-state index in [0.29, 0.717) is 60.6 Å². The Bertz CT molecular complexity index is 4810. The van der Waals surface area contributed by atoms with Gasteiger partial charge in [-0.15, -0.1) is 0 Å². The Morgan fingerprint density at radius 1 is 0.286 bits per heavy atom. The van der Waals surface area contributed by atoms with Gasteiger partial charge in [0.1, 0.15) is 46.4 Å². The molecule has 0 spiro atoms. The number of carbonyl (C=O) groups is 2. The standard InChI is InChI=1S/2C11H12F2O.2C11H12O2.6C11H14O/c2*1-7-3-4-9-6-8(2)11(12,13)14-10(9)5-7;1-7-3-4-9-6-8(2)13-11(12)10(9)5-7;1-7-3-4-9-6-8(2)11(12)13-10(9)5-7;2*1-8-3-6-11-10(7-8)5-4-9(2)12-11;2*1-8-3-4-10-5-9(2)7-12-11(10)6-8;2*1-8-3-4-10-6-9(2)12-7-11(10)5-8/h2*3-5,8H,6H2,1-2H3;2*3-5,8H,6H2,1-2H3;2*3,6-7,9H,4-5H2,1-2H3;2*3-4,6,9H,5,7H2,1-2H3;2*3-5,9H,6-7H2,1-2H3. The zero-order valence-corrected chi connectivity index (χ0v) is 77.8. The van der Waals surface area contributed by atoms with E-state index in [-0.39, 0.29) is 24.0 Å². The maximum atomic E-state index is 13.2. The van der Waals surface area contributed by atoms with E-state index in [1.54, 1.807) is 12.1 Å². The molecule has 0 bridgehead atoms. The second-order valence-corrected chi connectivity index (χ2v) is 36.8. The van der Waals surface area contributed by atoms with Gasteiger partial charge in [-0.1, -0.05) is 196 Å². The van der Waals surface area contributed by atoms with Crippen LogP contribution >= 0.6 is 0 Å². The van der Waals surface area contributed by atoms with E-state index < -0.39 is 24.1 Å². The number of cyclic esters (lactones) is 1. The van der Waals surface area contributed by atoms with Gasteiger partial charge >= 0.3 is 24.2 Å². The van der Waals surface area contributed by atoms with E-state index in [1.165, 1.54) is 91.7 Å². The lowest BCUT2D eigenvalue weighted by Crippen LogP contribution is -2.37. The van der Waals surface area contributed by atoms with Gasteiger partial charge in [-0.2, -0.15) is 17.6 Å². The quantitative estimate of drug-likeness (QED) is 0.0815. The molecule has 10 heterocycles. The van der Waals surface area contributed by atoms with Crippen LogP contribution in [0.2, 0.25) is 0 Å². The summed E-state index contributed by atoms with van der Waals surface area (Å²) in [5.41, 5.74) is 27.8. The Morgan fingerprint density at radius 2 is 0.603 bits per heavy atom. The minimum Gasteiger partial charge on any atom is -0.493 e. The monoisotopic (exact) mass is 1720 g/mol. The minimum atomic E-state index is -3.03. The van der Waals surface area contributed by atoms with Crippen LogP contribution in [0.25, 0.3) is 0 Å². The summed E-state index contributed by atoms with van der Waals surface area (Å²) < 4.78 is 106. The smallest absolute Gasteiger partial charge is 0.400 e. The highest BCUT2D eigenvalue weighted by atomic mass is 19.3. The molecule has 10 atom stereocenters. The van der Waals surface area contributed by atoms with E-state index in [0.717, 1.165) is 169 Å². The fourth-order valence-corrected chi connectivity index (χ4v) is 16.4. The lowest BCUT2D eigenvalue weighted by atomic mass is 9.96. The predicted octanol–water partition coefficient (Wildman–Crippen LogP) is 26.0. The third-order valence-electron chi connectivity index (χ3n) is 23.9. The second kappa shape index (κ2) is 43.9. The maximum Gasteiger partial charge on any atom is 0.400 e. The maximum absolute atomic E-state index is 13.2. The number of esters is 2. The SMILES string of the molecule is Cc1ccc2c(c1)C(=O)OC(C)C2.Cc1ccc2c(c1)CCC(C)O2.Cc1ccc2c(c1)CCC(C)O2.Cc1ccc2c(c1)COC(C)C2.Cc1ccc2c(c1)COC(C)C2.Cc1ccc2c(c1)OC(=O)C(C)C2.Cc1ccc2c(c1)OC(F)(F)C(C)C2.Cc1ccc2c(c1)OC(F)(F)C(C)C2.Cc1ccc2c(c1)OCC(C)C2.Cc1ccc2c(c1)OCC(C)C2. The zero-order valence-electron chi connectivity index (χ0n) is 77.8. The summed E-state index contributed by atoms with van der Waals surface area (Å²) in [6.07, 6.45) is 6.99. The molecule has 10 unspecified atom stereocenters. The van der Waals surface area contributed by atoms with E-state index in [4.69, 9.17) is 37.9 Å². The first kappa shape index (κ1) is 96.2. The van der Waals surface area contributed by atoms with Crippen molar-refractivity contribution in [1.29, 1.82) is 0 Å². The highest BCUT2D eigenvalue weighted by Crippen LogP contribution is 2.42. The van der Waals surface area contributed by atoms with E-state index in [1.807, 2.05) is 102 Å². The number of rotatable bonds is 0. The van der Waals surface area contributed by atoms with E-state index in [9.17, 15) is 27.2 Å². The fourth-order valence-electron chi connectivity index (χ4n) is 16.4. The summed E-state index contributed by atoms with van der Waals surface area (Å²) in [7, 11) is 0. The number of carbonyl (C=O) groups excluding carboxylic acids is 2. The number of aryl methyl sites for hydroxylation is 12. The molecule has 10 aliphatic heterocycles. The molecule has 0 fully saturated rings. The molecule has 0 N–H and O–H groups in total. The van der Waals surface area contributed by atoms with Crippen LogP contribution in [-0.4, -0.2) is 67.9 Å². The summed E-state index contributed by atoms with van der Waals surface area (Å²) in [5.74, 6) is 5.27. The number of fused-ring (bicyclic) bond motifs is 10. The molecule has 0 aliphatic carbocycles. The molecule has 0 saturated heterocycles. The molecule has 0 aromatic heterocycles. The van der Waals surface area contributed by atoms with Gasteiger partial charge in [0.05, 0.1) is 74.2 Å². The molecule has 126 heavy (non-hydrogen) atoms. The van der Waals surface area contributed by atoms with Crippen LogP contribution in [0.3, 0.4) is 0 Å². The van der Waals surface area contributed by atoms with Gasteiger partial charge in [-0.05, 0) is 329 Å². The molecular formula is C110H132F4O12. The molecule has 672 valence electrons. The third-order valence-corrected chi connectivity index (χ3v) is 23.9. The van der Waals surface area contributed by atoms with Crippen molar-refractivity contribution in [2.24, 2.45) is 29.6 Å². The zero-order chi connectivity index (χ0) is 90.8. The largest absolute Gasteiger partial charge is 0.493 e. The molecule has 16 heteroatoms. The molecule has 0 saturated carbocycles. The van der Waals surface area contributed by atoms with Gasteiger partial charge in [0, 0.05) is 6.42 Å². The first-order chi connectivity index (χ1) is 59.8. The topological polar surface area (TPSA) is 126 Å². The van der Waals surface area contributed by atoms with E-state index >= 15 is 0 Å². The lowest BCUT2D eigenvalue weighted by molar-refractivity contribution is -0.219. The average molecular weight is 1720 g/mol. The third kappa shape index (κ3) is 27.8. The molecule has 20 rings (SSSR count). The normalized spacial score (nSPS) is 21.9. The minimum absolute atomic E-state index is 0.00444. The number of alkyl halides is 4. The van der Waals surface area contributed by atoms with Crippen molar-refractivity contribution in [1.82, 2.24) is 0 Å². The molecule has 10 aromatic carbocycles. The van der Waals surface area contributed by atoms with Gasteiger partial charge in [-0.3, -0.25) is 4.79 Å². The Hall–Kier alpha value is -10.4. The average Bonchev–Trinajstić information content (AvgIpc) is 0.787. The van der Waals surface area contributed by atoms with Crippen LogP contribution in [0.15, 0.2) is 182 Å². The second-order valence-electron chi connectivity index (χ2n) is 36.8. The van der Waals surface area contributed by atoms with Crippen LogP contribution in [0.1, 0.15) is 215 Å². The van der Waals surface area contributed by atoms with Gasteiger partial charge in [0.15, 0.2) is 0 Å².